The summed E-state index contributed by atoms with van der Waals surface area (Å²) < 4.78 is 0. The van der Waals surface area contributed by atoms with Crippen LogP contribution in [-0.2, 0) is 0 Å². The Hall–Kier alpha value is -2.31. The molecule has 0 aliphatic carbocycles. The van der Waals surface area contributed by atoms with Crippen molar-refractivity contribution in [3.63, 3.8) is 0 Å². The van der Waals surface area contributed by atoms with E-state index in [4.69, 9.17) is 6.42 Å². The molecular formula is C20H20N2O. The smallest absolute Gasteiger partial charge is 0.251 e. The number of nitrogens with one attached hydrogen (secondary N) is 1. The fourth-order valence-electron chi connectivity index (χ4n) is 3.93. The monoisotopic (exact) mass is 304 g/mol. The Morgan fingerprint density at radius 2 is 2.04 bits per heavy atom. The standard InChI is InChI=1S/C20H20N2O/c1-2-14-4-3-5-16-12-17(6-7-18(14)16)20(23)21-19-13-22-10-8-15(19)9-11-22/h1,3-7,12,15,19H,8-11,13H2,(H,21,23)/t19-/m0/s1. The molecule has 116 valence electrons. The first-order chi connectivity index (χ1) is 11.2. The molecule has 3 aliphatic heterocycles. The Labute approximate surface area is 136 Å². The second-order valence-corrected chi connectivity index (χ2v) is 6.60. The molecule has 2 bridgehead atoms. The largest absolute Gasteiger partial charge is 0.348 e. The maximum atomic E-state index is 12.6. The Balaban J connectivity index is 1.57. The quantitative estimate of drug-likeness (QED) is 0.865. The second kappa shape index (κ2) is 5.72. The molecule has 1 N–H and O–H groups in total. The fraction of sp³-hybridized carbons (Fsp3) is 0.350. The van der Waals surface area contributed by atoms with Crippen molar-refractivity contribution in [3.05, 3.63) is 47.5 Å². The molecule has 3 fully saturated rings. The van der Waals surface area contributed by atoms with Crippen LogP contribution in [0, 0.1) is 18.3 Å². The van der Waals surface area contributed by atoms with Crippen LogP contribution >= 0.6 is 0 Å². The highest BCUT2D eigenvalue weighted by Crippen LogP contribution is 2.28. The Kier molecular flexibility index (Phi) is 3.55. The first kappa shape index (κ1) is 14.3. The zero-order valence-corrected chi connectivity index (χ0v) is 13.1. The summed E-state index contributed by atoms with van der Waals surface area (Å²) in [7, 11) is 0. The van der Waals surface area contributed by atoms with Gasteiger partial charge in [0.15, 0.2) is 0 Å². The molecule has 0 aromatic heterocycles. The molecule has 1 amide bonds. The van der Waals surface area contributed by atoms with Gasteiger partial charge < -0.3 is 10.2 Å². The van der Waals surface area contributed by atoms with Crippen LogP contribution in [-0.4, -0.2) is 36.5 Å². The van der Waals surface area contributed by atoms with Crippen LogP contribution in [0.15, 0.2) is 36.4 Å². The molecule has 5 rings (SSSR count). The molecule has 2 aromatic rings. The van der Waals surface area contributed by atoms with E-state index in [2.05, 4.69) is 16.1 Å². The number of fused-ring (bicyclic) bond motifs is 4. The predicted octanol–water partition coefficient (Wildman–Crippen LogP) is 2.65. The molecule has 0 unspecified atom stereocenters. The van der Waals surface area contributed by atoms with E-state index < -0.39 is 0 Å². The van der Waals surface area contributed by atoms with Gasteiger partial charge in [-0.25, -0.2) is 0 Å². The topological polar surface area (TPSA) is 32.3 Å². The number of benzene rings is 2. The van der Waals surface area contributed by atoms with Gasteiger partial charge >= 0.3 is 0 Å². The Morgan fingerprint density at radius 1 is 1.22 bits per heavy atom. The minimum absolute atomic E-state index is 0.0248. The summed E-state index contributed by atoms with van der Waals surface area (Å²) in [6.07, 6.45) is 7.94. The van der Waals surface area contributed by atoms with Crippen LogP contribution < -0.4 is 5.32 Å². The molecule has 3 nitrogen and oxygen atoms in total. The first-order valence-electron chi connectivity index (χ1n) is 8.27. The van der Waals surface area contributed by atoms with Crippen LogP contribution in [0.3, 0.4) is 0 Å². The van der Waals surface area contributed by atoms with Gasteiger partial charge in [0.1, 0.15) is 0 Å². The molecule has 3 aliphatic rings. The van der Waals surface area contributed by atoms with Gasteiger partial charge in [-0.2, -0.15) is 0 Å². The summed E-state index contributed by atoms with van der Waals surface area (Å²) in [6.45, 7) is 3.36. The van der Waals surface area contributed by atoms with Gasteiger partial charge in [-0.3, -0.25) is 4.79 Å². The van der Waals surface area contributed by atoms with Crippen molar-refractivity contribution >= 4 is 16.7 Å². The molecule has 0 spiro atoms. The van der Waals surface area contributed by atoms with Crippen LogP contribution in [0.5, 0.6) is 0 Å². The zero-order chi connectivity index (χ0) is 15.8. The summed E-state index contributed by atoms with van der Waals surface area (Å²) in [6, 6.07) is 11.9. The van der Waals surface area contributed by atoms with E-state index in [1.165, 1.54) is 25.9 Å². The van der Waals surface area contributed by atoms with Crippen molar-refractivity contribution < 1.29 is 4.79 Å². The van der Waals surface area contributed by atoms with E-state index in [-0.39, 0.29) is 11.9 Å². The Morgan fingerprint density at radius 3 is 2.74 bits per heavy atom. The summed E-state index contributed by atoms with van der Waals surface area (Å²) in [4.78, 5) is 15.1. The van der Waals surface area contributed by atoms with Crippen LogP contribution in [0.25, 0.3) is 10.8 Å². The van der Waals surface area contributed by atoms with Crippen molar-refractivity contribution in [1.29, 1.82) is 0 Å². The molecule has 3 heterocycles. The van der Waals surface area contributed by atoms with Gasteiger partial charge in [-0.15, -0.1) is 6.42 Å². The number of nitrogens with zero attached hydrogens (tertiary/aromatic N) is 1. The minimum Gasteiger partial charge on any atom is -0.348 e. The van der Waals surface area contributed by atoms with Gasteiger partial charge in [0.2, 0.25) is 0 Å². The van der Waals surface area contributed by atoms with E-state index in [0.717, 1.165) is 22.9 Å². The van der Waals surface area contributed by atoms with E-state index in [9.17, 15) is 4.79 Å². The van der Waals surface area contributed by atoms with Gasteiger partial charge in [-0.1, -0.05) is 24.1 Å². The van der Waals surface area contributed by atoms with Crippen LogP contribution in [0.2, 0.25) is 0 Å². The average Bonchev–Trinajstić information content (AvgIpc) is 2.61. The molecule has 23 heavy (non-hydrogen) atoms. The third-order valence-corrected chi connectivity index (χ3v) is 5.27. The van der Waals surface area contributed by atoms with E-state index in [0.29, 0.717) is 11.5 Å². The number of hydrogen-bond acceptors (Lipinski definition) is 2. The number of carbonyl (C=O) groups excluding carboxylic acids is 1. The number of amides is 1. The molecule has 3 heteroatoms. The summed E-state index contributed by atoms with van der Waals surface area (Å²) >= 11 is 0. The lowest BCUT2D eigenvalue weighted by Crippen LogP contribution is -2.57. The van der Waals surface area contributed by atoms with Crippen molar-refractivity contribution in [2.75, 3.05) is 19.6 Å². The molecule has 3 saturated heterocycles. The number of carbonyl (C=O) groups is 1. The van der Waals surface area contributed by atoms with E-state index in [1.807, 2.05) is 36.4 Å². The SMILES string of the molecule is C#Cc1cccc2cc(C(=O)N[C@H]3CN4CCC3CC4)ccc12. The predicted molar refractivity (Wildman–Crippen MR) is 92.3 cm³/mol. The normalized spacial score (nSPS) is 26.0. The highest BCUT2D eigenvalue weighted by Gasteiger charge is 2.34. The maximum absolute atomic E-state index is 12.6. The van der Waals surface area contributed by atoms with E-state index >= 15 is 0 Å². The number of terminal acetylenes is 1. The van der Waals surface area contributed by atoms with Gasteiger partial charge in [0, 0.05) is 23.7 Å². The van der Waals surface area contributed by atoms with Crippen LogP contribution in [0.4, 0.5) is 0 Å². The molecule has 2 aromatic carbocycles. The highest BCUT2D eigenvalue weighted by atomic mass is 16.1. The number of rotatable bonds is 2. The average molecular weight is 304 g/mol. The third kappa shape index (κ3) is 2.60. The van der Waals surface area contributed by atoms with Gasteiger partial charge in [0.05, 0.1) is 0 Å². The summed E-state index contributed by atoms with van der Waals surface area (Å²) in [5.74, 6) is 3.36. The van der Waals surface area contributed by atoms with Gasteiger partial charge in [-0.05, 0) is 60.8 Å². The van der Waals surface area contributed by atoms with Gasteiger partial charge in [0.25, 0.3) is 5.91 Å². The minimum atomic E-state index is 0.0248. The second-order valence-electron chi connectivity index (χ2n) is 6.60. The fourth-order valence-corrected chi connectivity index (χ4v) is 3.93. The molecule has 0 saturated carbocycles. The molecule has 1 atom stereocenters. The lowest BCUT2D eigenvalue weighted by Gasteiger charge is -2.44. The molecule has 0 radical (unpaired) electrons. The third-order valence-electron chi connectivity index (χ3n) is 5.27. The van der Waals surface area contributed by atoms with Crippen molar-refractivity contribution in [3.8, 4) is 12.3 Å². The van der Waals surface area contributed by atoms with Crippen LogP contribution in [0.1, 0.15) is 28.8 Å². The Bertz CT molecular complexity index is 797. The van der Waals surface area contributed by atoms with Crippen molar-refractivity contribution in [1.82, 2.24) is 10.2 Å². The first-order valence-corrected chi connectivity index (χ1v) is 8.27. The van der Waals surface area contributed by atoms with E-state index in [1.54, 1.807) is 0 Å². The number of piperidine rings is 3. The molecular weight excluding hydrogens is 284 g/mol. The summed E-state index contributed by atoms with van der Waals surface area (Å²) in [5.41, 5.74) is 1.58. The van der Waals surface area contributed by atoms with Crippen molar-refractivity contribution in [2.45, 2.75) is 18.9 Å². The lowest BCUT2D eigenvalue weighted by atomic mass is 9.84. The highest BCUT2D eigenvalue weighted by molar-refractivity contribution is 5.99. The number of hydrogen-bond donors (Lipinski definition) is 1. The van der Waals surface area contributed by atoms with Crippen molar-refractivity contribution in [2.24, 2.45) is 5.92 Å². The maximum Gasteiger partial charge on any atom is 0.251 e. The lowest BCUT2D eigenvalue weighted by molar-refractivity contribution is 0.0620. The summed E-state index contributed by atoms with van der Waals surface area (Å²) in [5, 5.41) is 5.28. The zero-order valence-electron chi connectivity index (χ0n) is 13.1.